The van der Waals surface area contributed by atoms with E-state index < -0.39 is 5.60 Å². The summed E-state index contributed by atoms with van der Waals surface area (Å²) in [5.41, 5.74) is -0.302. The summed E-state index contributed by atoms with van der Waals surface area (Å²) in [6.45, 7) is 9.03. The number of amides is 1. The minimum Gasteiger partial charge on any atom is -0.444 e. The van der Waals surface area contributed by atoms with E-state index in [1.165, 1.54) is 12.8 Å². The summed E-state index contributed by atoms with van der Waals surface area (Å²) in [6.07, 6.45) is 7.19. The van der Waals surface area contributed by atoms with Gasteiger partial charge in [-0.2, -0.15) is 0 Å². The van der Waals surface area contributed by atoms with Crippen molar-refractivity contribution < 1.29 is 9.53 Å². The number of hydrogen-bond acceptors (Lipinski definition) is 3. The van der Waals surface area contributed by atoms with Crippen LogP contribution in [-0.2, 0) is 4.74 Å². The SMILES string of the molecule is CC(C)(C)OC(=O)N1CCCC12CCN(C1CC1)CC2. The van der Waals surface area contributed by atoms with E-state index in [1.54, 1.807) is 0 Å². The van der Waals surface area contributed by atoms with E-state index in [4.69, 9.17) is 4.74 Å². The Morgan fingerprint density at radius 1 is 1.10 bits per heavy atom. The van der Waals surface area contributed by atoms with Crippen LogP contribution in [0.1, 0.15) is 59.3 Å². The Bertz CT molecular complexity index is 376. The minimum absolute atomic E-state index is 0.0910. The van der Waals surface area contributed by atoms with Crippen molar-refractivity contribution >= 4 is 6.09 Å². The van der Waals surface area contributed by atoms with Crippen molar-refractivity contribution in [2.45, 2.75) is 76.5 Å². The fourth-order valence-electron chi connectivity index (χ4n) is 3.81. The molecule has 4 heteroatoms. The van der Waals surface area contributed by atoms with Crippen LogP contribution in [0.5, 0.6) is 0 Å². The summed E-state index contributed by atoms with van der Waals surface area (Å²) in [6, 6.07) is 0.851. The minimum atomic E-state index is -0.393. The van der Waals surface area contributed by atoms with E-state index in [1.807, 2.05) is 25.7 Å². The number of nitrogens with zero attached hydrogens (tertiary/aromatic N) is 2. The molecule has 0 N–H and O–H groups in total. The highest BCUT2D eigenvalue weighted by molar-refractivity contribution is 5.69. The van der Waals surface area contributed by atoms with E-state index in [0.29, 0.717) is 0 Å². The van der Waals surface area contributed by atoms with Crippen LogP contribution >= 0.6 is 0 Å². The van der Waals surface area contributed by atoms with Gasteiger partial charge in [-0.15, -0.1) is 0 Å². The molecule has 1 spiro atoms. The van der Waals surface area contributed by atoms with Gasteiger partial charge < -0.3 is 14.5 Å². The van der Waals surface area contributed by atoms with E-state index in [0.717, 1.165) is 51.4 Å². The molecule has 20 heavy (non-hydrogen) atoms. The molecule has 1 aliphatic carbocycles. The molecule has 0 aromatic rings. The van der Waals surface area contributed by atoms with Crippen molar-refractivity contribution in [3.8, 4) is 0 Å². The molecule has 0 aromatic carbocycles. The predicted molar refractivity (Wildman–Crippen MR) is 78.7 cm³/mol. The van der Waals surface area contributed by atoms with Crippen LogP contribution in [0.4, 0.5) is 4.79 Å². The first kappa shape index (κ1) is 14.2. The Morgan fingerprint density at radius 2 is 1.75 bits per heavy atom. The molecule has 0 unspecified atom stereocenters. The van der Waals surface area contributed by atoms with Crippen LogP contribution in [-0.4, -0.2) is 52.7 Å². The molecule has 2 aliphatic heterocycles. The average Bonchev–Trinajstić information content (AvgIpc) is 3.11. The van der Waals surface area contributed by atoms with Crippen molar-refractivity contribution in [2.75, 3.05) is 19.6 Å². The van der Waals surface area contributed by atoms with Gasteiger partial charge in [0.25, 0.3) is 0 Å². The zero-order valence-corrected chi connectivity index (χ0v) is 13.2. The maximum Gasteiger partial charge on any atom is 0.410 e. The number of piperidine rings is 1. The van der Waals surface area contributed by atoms with Crippen LogP contribution in [0, 0.1) is 0 Å². The summed E-state index contributed by atoms with van der Waals surface area (Å²) in [7, 11) is 0. The van der Waals surface area contributed by atoms with Gasteiger partial charge in [0.2, 0.25) is 0 Å². The molecule has 3 rings (SSSR count). The quantitative estimate of drug-likeness (QED) is 0.740. The zero-order valence-electron chi connectivity index (χ0n) is 13.2. The number of likely N-dealkylation sites (tertiary alicyclic amines) is 2. The summed E-state index contributed by atoms with van der Waals surface area (Å²) in [5, 5.41) is 0. The van der Waals surface area contributed by atoms with Gasteiger partial charge >= 0.3 is 6.09 Å². The van der Waals surface area contributed by atoms with Gasteiger partial charge in [-0.3, -0.25) is 0 Å². The van der Waals surface area contributed by atoms with Crippen molar-refractivity contribution in [2.24, 2.45) is 0 Å². The molecule has 114 valence electrons. The van der Waals surface area contributed by atoms with Crippen molar-refractivity contribution in [3.63, 3.8) is 0 Å². The summed E-state index contributed by atoms with van der Waals surface area (Å²) in [5.74, 6) is 0. The third-order valence-electron chi connectivity index (χ3n) is 5.00. The molecule has 3 aliphatic rings. The number of rotatable bonds is 1. The van der Waals surface area contributed by atoms with Gasteiger partial charge in [-0.05, 0) is 59.3 Å². The van der Waals surface area contributed by atoms with Crippen molar-refractivity contribution in [3.05, 3.63) is 0 Å². The van der Waals surface area contributed by atoms with E-state index in [-0.39, 0.29) is 11.6 Å². The molecule has 2 saturated heterocycles. The molecule has 3 fully saturated rings. The van der Waals surface area contributed by atoms with Crippen molar-refractivity contribution in [1.29, 1.82) is 0 Å². The second-order valence-corrected chi connectivity index (χ2v) is 7.73. The Kier molecular flexibility index (Phi) is 3.47. The smallest absolute Gasteiger partial charge is 0.410 e. The summed E-state index contributed by atoms with van der Waals surface area (Å²) in [4.78, 5) is 17.1. The van der Waals surface area contributed by atoms with Crippen LogP contribution in [0.25, 0.3) is 0 Å². The average molecular weight is 280 g/mol. The largest absolute Gasteiger partial charge is 0.444 e. The fourth-order valence-corrected chi connectivity index (χ4v) is 3.81. The highest BCUT2D eigenvalue weighted by atomic mass is 16.6. The maximum absolute atomic E-state index is 12.5. The molecular formula is C16H28N2O2. The highest BCUT2D eigenvalue weighted by Gasteiger charge is 2.48. The number of carbonyl (C=O) groups is 1. The van der Waals surface area contributed by atoms with Gasteiger partial charge in [0.05, 0.1) is 0 Å². The molecule has 2 heterocycles. The predicted octanol–water partition coefficient (Wildman–Crippen LogP) is 3.01. The Balaban J connectivity index is 1.64. The normalized spacial score (nSPS) is 27.1. The second kappa shape index (κ2) is 4.90. The Morgan fingerprint density at radius 3 is 2.30 bits per heavy atom. The van der Waals surface area contributed by atoms with Crippen LogP contribution in [0.15, 0.2) is 0 Å². The Hall–Kier alpha value is -0.770. The lowest BCUT2D eigenvalue weighted by atomic mass is 9.85. The molecular weight excluding hydrogens is 252 g/mol. The molecule has 0 aromatic heterocycles. The monoisotopic (exact) mass is 280 g/mol. The van der Waals surface area contributed by atoms with E-state index in [2.05, 4.69) is 4.90 Å². The fraction of sp³-hybridized carbons (Fsp3) is 0.938. The standard InChI is InChI=1S/C16H28N2O2/c1-15(2,3)20-14(19)18-10-4-7-16(18)8-11-17(12-9-16)13-5-6-13/h13H,4-12H2,1-3H3. The first-order chi connectivity index (χ1) is 9.40. The third-order valence-corrected chi connectivity index (χ3v) is 5.00. The molecule has 1 saturated carbocycles. The van der Waals surface area contributed by atoms with E-state index >= 15 is 0 Å². The van der Waals surface area contributed by atoms with Crippen molar-refractivity contribution in [1.82, 2.24) is 9.80 Å². The van der Waals surface area contributed by atoms with Gasteiger partial charge in [0.1, 0.15) is 5.60 Å². The molecule has 4 nitrogen and oxygen atoms in total. The second-order valence-electron chi connectivity index (χ2n) is 7.73. The number of ether oxygens (including phenoxy) is 1. The molecule has 1 amide bonds. The molecule has 0 bridgehead atoms. The lowest BCUT2D eigenvalue weighted by Gasteiger charge is -2.45. The number of carbonyl (C=O) groups excluding carboxylic acids is 1. The van der Waals surface area contributed by atoms with E-state index in [9.17, 15) is 4.79 Å². The number of hydrogen-bond donors (Lipinski definition) is 0. The van der Waals surface area contributed by atoms with Gasteiger partial charge in [0.15, 0.2) is 0 Å². The topological polar surface area (TPSA) is 32.8 Å². The maximum atomic E-state index is 12.5. The van der Waals surface area contributed by atoms with Crippen LogP contribution < -0.4 is 0 Å². The first-order valence-corrected chi connectivity index (χ1v) is 8.14. The molecule has 0 atom stereocenters. The van der Waals surface area contributed by atoms with Crippen LogP contribution in [0.3, 0.4) is 0 Å². The van der Waals surface area contributed by atoms with Gasteiger partial charge in [-0.1, -0.05) is 0 Å². The first-order valence-electron chi connectivity index (χ1n) is 8.14. The Labute approximate surface area is 122 Å². The van der Waals surface area contributed by atoms with Crippen LogP contribution in [0.2, 0.25) is 0 Å². The zero-order chi connectivity index (χ0) is 14.4. The molecule has 0 radical (unpaired) electrons. The summed E-state index contributed by atoms with van der Waals surface area (Å²) < 4.78 is 5.61. The lowest BCUT2D eigenvalue weighted by Crippen LogP contribution is -2.55. The van der Waals surface area contributed by atoms with Gasteiger partial charge in [-0.25, -0.2) is 4.79 Å². The lowest BCUT2D eigenvalue weighted by molar-refractivity contribution is -0.00741. The summed E-state index contributed by atoms with van der Waals surface area (Å²) >= 11 is 0. The van der Waals surface area contributed by atoms with Gasteiger partial charge in [0, 0.05) is 31.2 Å². The highest BCUT2D eigenvalue weighted by Crippen LogP contribution is 2.41. The third kappa shape index (κ3) is 2.80.